The Morgan fingerprint density at radius 2 is 1.75 bits per heavy atom. The summed E-state index contributed by atoms with van der Waals surface area (Å²) < 4.78 is 41.2. The quantitative estimate of drug-likeness (QED) is 0.434. The zero-order chi connectivity index (χ0) is 20.8. The third-order valence-corrected chi connectivity index (χ3v) is 3.46. The van der Waals surface area contributed by atoms with Crippen molar-refractivity contribution >= 4 is 23.3 Å². The zero-order valence-electron chi connectivity index (χ0n) is 14.7. The second-order valence-corrected chi connectivity index (χ2v) is 5.23. The van der Waals surface area contributed by atoms with Crippen LogP contribution in [0.25, 0.3) is 0 Å². The van der Waals surface area contributed by atoms with E-state index in [0.717, 1.165) is 30.3 Å². The van der Waals surface area contributed by atoms with E-state index in [-0.39, 0.29) is 11.5 Å². The summed E-state index contributed by atoms with van der Waals surface area (Å²) in [6.45, 7) is -0.889. The number of anilines is 1. The highest BCUT2D eigenvalue weighted by Crippen LogP contribution is 2.34. The van der Waals surface area contributed by atoms with Crippen LogP contribution < -0.4 is 14.8 Å². The van der Waals surface area contributed by atoms with Gasteiger partial charge in [0.05, 0.1) is 30.9 Å². The van der Waals surface area contributed by atoms with E-state index in [1.165, 1.54) is 14.2 Å². The number of nitro groups is 1. The van der Waals surface area contributed by atoms with Crippen LogP contribution in [0.5, 0.6) is 11.5 Å². The van der Waals surface area contributed by atoms with Crippen molar-refractivity contribution in [3.8, 4) is 11.5 Å². The van der Waals surface area contributed by atoms with E-state index >= 15 is 0 Å². The van der Waals surface area contributed by atoms with E-state index in [9.17, 15) is 28.5 Å². The number of nitro benzene ring substituents is 1. The molecule has 0 heterocycles. The molecule has 11 heteroatoms. The summed E-state index contributed by atoms with van der Waals surface area (Å²) in [5, 5.41) is 13.2. The molecule has 0 aliphatic rings. The number of rotatable bonds is 7. The van der Waals surface area contributed by atoms with Crippen LogP contribution in [-0.4, -0.2) is 37.6 Å². The number of carbonyl (C=O) groups excluding carboxylic acids is 2. The normalized spacial score (nSPS) is 10.1. The molecule has 0 saturated carbocycles. The highest BCUT2D eigenvalue weighted by Gasteiger charge is 2.26. The smallest absolute Gasteiger partial charge is 0.345 e. The molecule has 0 bridgehead atoms. The molecule has 1 N–H and O–H groups in total. The van der Waals surface area contributed by atoms with Gasteiger partial charge in [0.15, 0.2) is 18.1 Å². The molecule has 0 aromatic heterocycles. The molecule has 2 rings (SSSR count). The Hall–Kier alpha value is -3.76. The largest absolute Gasteiger partial charge is 0.493 e. The maximum absolute atomic E-state index is 13.5. The standard InChI is InChI=1S/C17H14F2N2O7/c1-26-14-6-10(13(21(24)25)7-15(14)27-2)17(23)28-8-16(22)20-12-5-9(18)3-4-11(12)19/h3-7H,8H2,1-2H3,(H,20,22). The average molecular weight is 396 g/mol. The van der Waals surface area contributed by atoms with E-state index < -0.39 is 52.0 Å². The molecule has 0 radical (unpaired) electrons. The van der Waals surface area contributed by atoms with Gasteiger partial charge in [-0.2, -0.15) is 0 Å². The van der Waals surface area contributed by atoms with E-state index in [1.54, 1.807) is 0 Å². The number of ether oxygens (including phenoxy) is 3. The fourth-order valence-corrected chi connectivity index (χ4v) is 2.17. The molecule has 2 aromatic rings. The lowest BCUT2D eigenvalue weighted by atomic mass is 10.1. The minimum Gasteiger partial charge on any atom is -0.493 e. The van der Waals surface area contributed by atoms with E-state index in [0.29, 0.717) is 0 Å². The predicted octanol–water partition coefficient (Wildman–Crippen LogP) is 2.69. The molecule has 28 heavy (non-hydrogen) atoms. The maximum Gasteiger partial charge on any atom is 0.345 e. The van der Waals surface area contributed by atoms with Gasteiger partial charge >= 0.3 is 5.97 Å². The van der Waals surface area contributed by atoms with Crippen LogP contribution in [0.1, 0.15) is 10.4 Å². The fourth-order valence-electron chi connectivity index (χ4n) is 2.17. The lowest BCUT2D eigenvalue weighted by molar-refractivity contribution is -0.385. The Bertz CT molecular complexity index is 934. The van der Waals surface area contributed by atoms with Crippen LogP contribution in [-0.2, 0) is 9.53 Å². The Morgan fingerprint density at radius 3 is 2.36 bits per heavy atom. The van der Waals surface area contributed by atoms with Gasteiger partial charge in [-0.25, -0.2) is 13.6 Å². The number of halogens is 2. The Balaban J connectivity index is 2.15. The number of hydrogen-bond donors (Lipinski definition) is 1. The first-order chi connectivity index (χ1) is 13.3. The van der Waals surface area contributed by atoms with E-state index in [4.69, 9.17) is 14.2 Å². The van der Waals surface area contributed by atoms with Crippen LogP contribution in [0.4, 0.5) is 20.2 Å². The van der Waals surface area contributed by atoms with E-state index in [1.807, 2.05) is 5.32 Å². The topological polar surface area (TPSA) is 117 Å². The number of methoxy groups -OCH3 is 2. The van der Waals surface area contributed by atoms with Crippen LogP contribution in [0.2, 0.25) is 0 Å². The highest BCUT2D eigenvalue weighted by molar-refractivity contribution is 5.98. The molecular weight excluding hydrogens is 382 g/mol. The van der Waals surface area contributed by atoms with E-state index in [2.05, 4.69) is 0 Å². The molecule has 0 saturated heterocycles. The minimum atomic E-state index is -1.19. The number of hydrogen-bond acceptors (Lipinski definition) is 7. The number of carbonyl (C=O) groups is 2. The van der Waals surface area contributed by atoms with Gasteiger partial charge in [0, 0.05) is 12.1 Å². The van der Waals surface area contributed by atoms with Crippen molar-refractivity contribution in [2.75, 3.05) is 26.1 Å². The predicted molar refractivity (Wildman–Crippen MR) is 91.5 cm³/mol. The fraction of sp³-hybridized carbons (Fsp3) is 0.176. The lowest BCUT2D eigenvalue weighted by Crippen LogP contribution is -2.22. The van der Waals surface area contributed by atoms with Gasteiger partial charge in [0.1, 0.15) is 17.2 Å². The summed E-state index contributed by atoms with van der Waals surface area (Å²) in [5.41, 5.74) is -1.55. The van der Waals surface area contributed by atoms with Crippen molar-refractivity contribution in [2.24, 2.45) is 0 Å². The van der Waals surface area contributed by atoms with Gasteiger partial charge in [-0.15, -0.1) is 0 Å². The van der Waals surface area contributed by atoms with Gasteiger partial charge in [0.25, 0.3) is 11.6 Å². The summed E-state index contributed by atoms with van der Waals surface area (Å²) in [6.07, 6.45) is 0. The van der Waals surface area contributed by atoms with Crippen molar-refractivity contribution in [1.29, 1.82) is 0 Å². The molecule has 0 unspecified atom stereocenters. The third-order valence-electron chi connectivity index (χ3n) is 3.46. The minimum absolute atomic E-state index is 0.0186. The van der Waals surface area contributed by atoms with Crippen molar-refractivity contribution in [3.63, 3.8) is 0 Å². The average Bonchev–Trinajstić information content (AvgIpc) is 2.67. The molecule has 9 nitrogen and oxygen atoms in total. The zero-order valence-corrected chi connectivity index (χ0v) is 14.7. The van der Waals surface area contributed by atoms with Gasteiger partial charge in [-0.3, -0.25) is 14.9 Å². The number of benzene rings is 2. The second-order valence-electron chi connectivity index (χ2n) is 5.23. The summed E-state index contributed by atoms with van der Waals surface area (Å²) in [5.74, 6) is -3.79. The molecule has 0 aliphatic carbocycles. The summed E-state index contributed by atoms with van der Waals surface area (Å²) in [7, 11) is 2.52. The molecule has 0 atom stereocenters. The molecule has 0 fully saturated rings. The third kappa shape index (κ3) is 4.69. The molecule has 0 spiro atoms. The molecule has 1 amide bonds. The van der Waals surface area contributed by atoms with Gasteiger partial charge in [-0.1, -0.05) is 0 Å². The first kappa shape index (κ1) is 20.6. The second kappa shape index (κ2) is 8.75. The Labute approximate surface area is 157 Å². The Kier molecular flexibility index (Phi) is 6.42. The van der Waals surface area contributed by atoms with Crippen LogP contribution in [0, 0.1) is 21.7 Å². The SMILES string of the molecule is COc1cc(C(=O)OCC(=O)Nc2cc(F)ccc2F)c([N+](=O)[O-])cc1OC. The molecule has 148 valence electrons. The number of esters is 1. The molecular formula is C17H14F2N2O7. The summed E-state index contributed by atoms with van der Waals surface area (Å²) in [4.78, 5) is 34.3. The Morgan fingerprint density at radius 1 is 1.11 bits per heavy atom. The lowest BCUT2D eigenvalue weighted by Gasteiger charge is -2.11. The van der Waals surface area contributed by atoms with Crippen LogP contribution in [0.15, 0.2) is 30.3 Å². The van der Waals surface area contributed by atoms with Crippen LogP contribution >= 0.6 is 0 Å². The monoisotopic (exact) mass is 396 g/mol. The number of nitrogens with one attached hydrogen (secondary N) is 1. The summed E-state index contributed by atoms with van der Waals surface area (Å²) >= 11 is 0. The van der Waals surface area contributed by atoms with Crippen LogP contribution in [0.3, 0.4) is 0 Å². The maximum atomic E-state index is 13.5. The number of amides is 1. The first-order valence-electron chi connectivity index (χ1n) is 7.59. The molecule has 0 aliphatic heterocycles. The first-order valence-corrected chi connectivity index (χ1v) is 7.59. The van der Waals surface area contributed by atoms with Gasteiger partial charge < -0.3 is 19.5 Å². The van der Waals surface area contributed by atoms with Crippen molar-refractivity contribution in [3.05, 3.63) is 57.6 Å². The van der Waals surface area contributed by atoms with Crippen molar-refractivity contribution < 1.29 is 37.5 Å². The van der Waals surface area contributed by atoms with Gasteiger partial charge in [0.2, 0.25) is 0 Å². The van der Waals surface area contributed by atoms with Crippen molar-refractivity contribution in [2.45, 2.75) is 0 Å². The van der Waals surface area contributed by atoms with Gasteiger partial charge in [-0.05, 0) is 12.1 Å². The highest BCUT2D eigenvalue weighted by atomic mass is 19.1. The number of nitrogens with zero attached hydrogens (tertiary/aromatic N) is 1. The van der Waals surface area contributed by atoms with Crippen molar-refractivity contribution in [1.82, 2.24) is 0 Å². The molecule has 2 aromatic carbocycles. The summed E-state index contributed by atoms with van der Waals surface area (Å²) in [6, 6.07) is 4.42.